The van der Waals surface area contributed by atoms with E-state index in [0.717, 1.165) is 0 Å². The summed E-state index contributed by atoms with van der Waals surface area (Å²) >= 11 is 0. The Balaban J connectivity index is 1.52. The van der Waals surface area contributed by atoms with E-state index < -0.39 is 59.4 Å². The average molecular weight is 565 g/mol. The Morgan fingerprint density at radius 2 is 1.95 bits per heavy atom. The molecule has 0 radical (unpaired) electrons. The Labute approximate surface area is 228 Å². The van der Waals surface area contributed by atoms with Gasteiger partial charge < -0.3 is 25.6 Å². The number of hydrogen-bond acceptors (Lipinski definition) is 7. The molecule has 0 bridgehead atoms. The quantitative estimate of drug-likeness (QED) is 0.476. The average Bonchev–Trinajstić information content (AvgIpc) is 3.18. The lowest BCUT2D eigenvalue weighted by Gasteiger charge is -2.38. The number of carbonyl (C=O) groups is 4. The number of alkyl halides is 3. The van der Waals surface area contributed by atoms with Gasteiger partial charge in [0.2, 0.25) is 11.8 Å². The first-order valence-corrected chi connectivity index (χ1v) is 12.8. The third-order valence-corrected chi connectivity index (χ3v) is 7.93. The van der Waals surface area contributed by atoms with Crippen LogP contribution in [0.5, 0.6) is 5.75 Å². The summed E-state index contributed by atoms with van der Waals surface area (Å²) in [5, 5.41) is 16.8. The minimum absolute atomic E-state index is 0.0943. The molecule has 3 N–H and O–H groups in total. The number of aromatic nitrogens is 1. The van der Waals surface area contributed by atoms with Gasteiger partial charge in [0.15, 0.2) is 11.9 Å². The number of carbonyl (C=O) groups excluding carboxylic acids is 4. The molecule has 4 rings (SSSR count). The molecule has 0 unspecified atom stereocenters. The van der Waals surface area contributed by atoms with Crippen molar-refractivity contribution < 1.29 is 37.1 Å². The first-order valence-electron chi connectivity index (χ1n) is 12.8. The van der Waals surface area contributed by atoms with Crippen LogP contribution in [0.25, 0.3) is 0 Å². The molecule has 1 saturated carbocycles. The van der Waals surface area contributed by atoms with E-state index in [9.17, 15) is 37.6 Å². The van der Waals surface area contributed by atoms with Gasteiger partial charge in [0.25, 0.3) is 5.91 Å². The zero-order chi connectivity index (χ0) is 29.8. The molecule has 1 aliphatic carbocycles. The van der Waals surface area contributed by atoms with Crippen LogP contribution in [-0.2, 0) is 19.2 Å². The highest BCUT2D eigenvalue weighted by Gasteiger charge is 2.70. The van der Waals surface area contributed by atoms with Gasteiger partial charge in [0, 0.05) is 19.2 Å². The van der Waals surface area contributed by atoms with E-state index in [1.807, 2.05) is 19.9 Å². The number of nitrogens with one attached hydrogen (secondary N) is 3. The fourth-order valence-corrected chi connectivity index (χ4v) is 5.61. The number of anilines is 1. The highest BCUT2D eigenvalue weighted by atomic mass is 19.4. The van der Waals surface area contributed by atoms with Gasteiger partial charge in [-0.1, -0.05) is 34.6 Å². The number of fused-ring (bicyclic) bond motifs is 2. The molecule has 11 nitrogen and oxygen atoms in total. The van der Waals surface area contributed by atoms with Crippen LogP contribution in [-0.4, -0.2) is 70.5 Å². The van der Waals surface area contributed by atoms with Crippen LogP contribution in [0.2, 0.25) is 0 Å². The number of rotatable bonds is 6. The molecule has 40 heavy (non-hydrogen) atoms. The summed E-state index contributed by atoms with van der Waals surface area (Å²) in [6.07, 6.45) is -3.62. The van der Waals surface area contributed by atoms with Crippen LogP contribution in [0.1, 0.15) is 41.0 Å². The Bertz CT molecular complexity index is 1270. The first kappa shape index (κ1) is 29.1. The fourth-order valence-electron chi connectivity index (χ4n) is 5.61. The van der Waals surface area contributed by atoms with Gasteiger partial charge >= 0.3 is 12.1 Å². The second kappa shape index (κ2) is 9.94. The summed E-state index contributed by atoms with van der Waals surface area (Å²) < 4.78 is 44.7. The van der Waals surface area contributed by atoms with E-state index in [4.69, 9.17) is 4.74 Å². The molecule has 4 amide bonds. The van der Waals surface area contributed by atoms with Gasteiger partial charge in [-0.25, -0.2) is 0 Å². The number of amides is 4. The third-order valence-electron chi connectivity index (χ3n) is 7.93. The predicted molar refractivity (Wildman–Crippen MR) is 133 cm³/mol. The molecule has 1 aromatic rings. The highest BCUT2D eigenvalue weighted by Crippen LogP contribution is 2.65. The Hall–Kier alpha value is -3.89. The molecule has 1 saturated heterocycles. The van der Waals surface area contributed by atoms with E-state index in [-0.39, 0.29) is 30.2 Å². The number of halogens is 3. The van der Waals surface area contributed by atoms with Gasteiger partial charge in [-0.2, -0.15) is 18.4 Å². The molecule has 3 heterocycles. The van der Waals surface area contributed by atoms with Crippen molar-refractivity contribution in [2.75, 3.05) is 11.9 Å². The number of nitrogens with zero attached hydrogens (tertiary/aromatic N) is 3. The number of piperidine rings is 1. The molecular weight excluding hydrogens is 533 g/mol. The first-order chi connectivity index (χ1) is 18.5. The van der Waals surface area contributed by atoms with Crippen LogP contribution in [0.3, 0.4) is 0 Å². The molecule has 2 aliphatic heterocycles. The van der Waals surface area contributed by atoms with Crippen molar-refractivity contribution in [2.45, 2.75) is 71.4 Å². The number of hydrogen-bond donors (Lipinski definition) is 3. The van der Waals surface area contributed by atoms with Crippen molar-refractivity contribution in [3.8, 4) is 11.8 Å². The number of nitriles is 1. The fraction of sp³-hybridized carbons (Fsp3) is 0.615. The Kier molecular flexibility index (Phi) is 7.23. The van der Waals surface area contributed by atoms with E-state index in [1.54, 1.807) is 11.4 Å². The standard InChI is InChI=1S/C26H31F3N6O5/c1-24(2,3)19(34-23(39)26(27,28)29)22(38)35-11-13-17(25(13,4)5)18(35)21(37)32-12(9-30)8-15-20(36)33-14-6-7-31-10-16(14)40-15/h6-7,10,12-13,15,17-19H,8,11H2,1-5H3,(H,32,37)(H,33,36)(H,34,39)/t12-,13-,15-,17-,18-,19+/m0/s1. The lowest BCUT2D eigenvalue weighted by molar-refractivity contribution is -0.176. The van der Waals surface area contributed by atoms with E-state index in [2.05, 4.69) is 15.6 Å². The van der Waals surface area contributed by atoms with Crippen molar-refractivity contribution in [1.82, 2.24) is 20.5 Å². The molecule has 0 spiro atoms. The monoisotopic (exact) mass is 564 g/mol. The molecule has 3 aliphatic rings. The minimum Gasteiger partial charge on any atom is -0.477 e. The number of pyridine rings is 1. The van der Waals surface area contributed by atoms with Crippen molar-refractivity contribution in [3.05, 3.63) is 18.5 Å². The van der Waals surface area contributed by atoms with Gasteiger partial charge in [0.05, 0.1) is 18.0 Å². The van der Waals surface area contributed by atoms with E-state index in [0.29, 0.717) is 11.4 Å². The summed E-state index contributed by atoms with van der Waals surface area (Å²) in [5.41, 5.74) is -1.01. The SMILES string of the molecule is CC(C)(C)[C@H](NC(=O)C(F)(F)F)C(=O)N1C[C@H]2[C@@H]([C@H]1C(=O)N[C@H](C#N)C[C@@H]1Oc3cnccc3NC1=O)C2(C)C. The lowest BCUT2D eigenvalue weighted by atomic mass is 9.85. The zero-order valence-electron chi connectivity index (χ0n) is 22.6. The Morgan fingerprint density at radius 3 is 2.55 bits per heavy atom. The van der Waals surface area contributed by atoms with Crippen LogP contribution >= 0.6 is 0 Å². The zero-order valence-corrected chi connectivity index (χ0v) is 22.6. The molecule has 6 atom stereocenters. The van der Waals surface area contributed by atoms with Gasteiger partial charge in [-0.15, -0.1) is 0 Å². The molecule has 2 fully saturated rings. The minimum atomic E-state index is -5.19. The van der Waals surface area contributed by atoms with Crippen LogP contribution in [0.15, 0.2) is 18.5 Å². The van der Waals surface area contributed by atoms with E-state index >= 15 is 0 Å². The lowest BCUT2D eigenvalue weighted by Crippen LogP contribution is -2.61. The van der Waals surface area contributed by atoms with Crippen molar-refractivity contribution in [3.63, 3.8) is 0 Å². The van der Waals surface area contributed by atoms with Gasteiger partial charge in [-0.3, -0.25) is 24.2 Å². The smallest absolute Gasteiger partial charge is 0.471 e. The van der Waals surface area contributed by atoms with Crippen molar-refractivity contribution in [2.24, 2.45) is 22.7 Å². The maximum absolute atomic E-state index is 13.6. The summed E-state index contributed by atoms with van der Waals surface area (Å²) in [7, 11) is 0. The van der Waals surface area contributed by atoms with E-state index in [1.165, 1.54) is 38.1 Å². The third kappa shape index (κ3) is 5.41. The molecular formula is C26H31F3N6O5. The highest BCUT2D eigenvalue weighted by molar-refractivity contribution is 5.98. The maximum atomic E-state index is 13.6. The summed E-state index contributed by atoms with van der Waals surface area (Å²) in [6.45, 7) is 8.48. The summed E-state index contributed by atoms with van der Waals surface area (Å²) in [4.78, 5) is 56.5. The maximum Gasteiger partial charge on any atom is 0.471 e. The molecule has 1 aromatic heterocycles. The summed E-state index contributed by atoms with van der Waals surface area (Å²) in [5.74, 6) is -4.35. The van der Waals surface area contributed by atoms with Gasteiger partial charge in [-0.05, 0) is 28.7 Å². The summed E-state index contributed by atoms with van der Waals surface area (Å²) in [6, 6.07) is -0.329. The normalized spacial score (nSPS) is 26.2. The molecule has 14 heteroatoms. The van der Waals surface area contributed by atoms with Crippen molar-refractivity contribution >= 4 is 29.3 Å². The van der Waals surface area contributed by atoms with Crippen LogP contribution in [0.4, 0.5) is 18.9 Å². The van der Waals surface area contributed by atoms with Crippen molar-refractivity contribution in [1.29, 1.82) is 5.26 Å². The Morgan fingerprint density at radius 1 is 1.27 bits per heavy atom. The largest absolute Gasteiger partial charge is 0.477 e. The second-order valence-corrected chi connectivity index (χ2v) is 12.1. The number of likely N-dealkylation sites (tertiary alicyclic amines) is 1. The molecule has 216 valence electrons. The van der Waals surface area contributed by atoms with Gasteiger partial charge in [0.1, 0.15) is 18.1 Å². The van der Waals surface area contributed by atoms with Crippen LogP contribution in [0, 0.1) is 34.0 Å². The second-order valence-electron chi connectivity index (χ2n) is 12.1. The molecule has 0 aromatic carbocycles. The number of ether oxygens (including phenoxy) is 1. The topological polar surface area (TPSA) is 154 Å². The predicted octanol–water partition coefficient (Wildman–Crippen LogP) is 1.76. The van der Waals surface area contributed by atoms with Crippen LogP contribution < -0.4 is 20.7 Å².